The van der Waals surface area contributed by atoms with Crippen LogP contribution >= 0.6 is 0 Å². The summed E-state index contributed by atoms with van der Waals surface area (Å²) in [6, 6.07) is 0.405. The van der Waals surface area contributed by atoms with E-state index in [1.807, 2.05) is 13.8 Å². The largest absolute Gasteiger partial charge is 0.477 e. The molecular formula is C38H72F2N2O6. The summed E-state index contributed by atoms with van der Waals surface area (Å²) in [4.78, 5) is 47.8. The molecule has 2 unspecified atom stereocenters. The van der Waals surface area contributed by atoms with Crippen LogP contribution in [0.3, 0.4) is 0 Å². The van der Waals surface area contributed by atoms with Crippen LogP contribution in [0.2, 0.25) is 0 Å². The van der Waals surface area contributed by atoms with Gasteiger partial charge in [0.05, 0.1) is 0 Å². The molecule has 0 bridgehead atoms. The number of nitrogens with zero attached hydrogens (tertiary/aromatic N) is 1. The average molecular weight is 691 g/mol. The zero-order chi connectivity index (χ0) is 36.0. The summed E-state index contributed by atoms with van der Waals surface area (Å²) in [7, 11) is 4.13. The lowest BCUT2D eigenvalue weighted by molar-refractivity contribution is -0.298. The predicted molar refractivity (Wildman–Crippen MR) is 190 cm³/mol. The van der Waals surface area contributed by atoms with Crippen LogP contribution in [0.4, 0.5) is 8.78 Å². The van der Waals surface area contributed by atoms with E-state index in [4.69, 9.17) is 14.9 Å². The molecule has 0 saturated heterocycles. The van der Waals surface area contributed by atoms with Crippen molar-refractivity contribution in [2.75, 3.05) is 14.1 Å². The van der Waals surface area contributed by atoms with Crippen molar-refractivity contribution >= 4 is 17.8 Å². The molecule has 284 valence electrons. The maximum absolute atomic E-state index is 13.3. The third-order valence-corrected chi connectivity index (χ3v) is 9.42. The first-order valence-electron chi connectivity index (χ1n) is 19.4. The monoisotopic (exact) mass is 691 g/mol. The maximum atomic E-state index is 13.3. The Labute approximate surface area is 291 Å². The van der Waals surface area contributed by atoms with E-state index in [2.05, 4.69) is 31.2 Å². The SMILES string of the molecule is CCCCCCCCCCC(CCCCCCC(F)(F)C(=O)O)NC(=O)CCC(CCCCCCCC(=O)OOC(CC)CC)N(C)C. The van der Waals surface area contributed by atoms with Gasteiger partial charge in [0, 0.05) is 31.3 Å². The minimum absolute atomic E-state index is 0.0348. The molecule has 0 aromatic rings. The molecule has 0 heterocycles. The van der Waals surface area contributed by atoms with E-state index in [0.29, 0.717) is 25.3 Å². The second kappa shape index (κ2) is 30.1. The molecule has 8 nitrogen and oxygen atoms in total. The Morgan fingerprint density at radius 3 is 1.71 bits per heavy atom. The lowest BCUT2D eigenvalue weighted by Crippen LogP contribution is -2.36. The second-order valence-electron chi connectivity index (χ2n) is 13.9. The number of hydrogen-bond donors (Lipinski definition) is 2. The molecule has 0 radical (unpaired) electrons. The quantitative estimate of drug-likeness (QED) is 0.0393. The number of unbranched alkanes of at least 4 members (excludes halogenated alkanes) is 14. The van der Waals surface area contributed by atoms with Crippen LogP contribution in [0, 0.1) is 0 Å². The molecule has 0 aromatic carbocycles. The highest BCUT2D eigenvalue weighted by atomic mass is 19.3. The molecule has 0 aliphatic rings. The summed E-state index contributed by atoms with van der Waals surface area (Å²) in [5.41, 5.74) is 0. The van der Waals surface area contributed by atoms with Gasteiger partial charge in [-0.25, -0.2) is 9.59 Å². The van der Waals surface area contributed by atoms with Gasteiger partial charge in [0.15, 0.2) is 0 Å². The van der Waals surface area contributed by atoms with E-state index in [1.165, 1.54) is 38.5 Å². The van der Waals surface area contributed by atoms with E-state index in [-0.39, 0.29) is 30.4 Å². The average Bonchev–Trinajstić information content (AvgIpc) is 3.04. The van der Waals surface area contributed by atoms with Crippen molar-refractivity contribution in [3.05, 3.63) is 0 Å². The summed E-state index contributed by atoms with van der Waals surface area (Å²) in [5.74, 6) is -5.93. The van der Waals surface area contributed by atoms with E-state index in [1.54, 1.807) is 0 Å². The Balaban J connectivity index is 4.50. The molecule has 0 spiro atoms. The molecule has 2 atom stereocenters. The topological polar surface area (TPSA) is 105 Å². The van der Waals surface area contributed by atoms with Gasteiger partial charge < -0.3 is 15.3 Å². The predicted octanol–water partition coefficient (Wildman–Crippen LogP) is 10.2. The number of nitrogens with one attached hydrogen (secondary N) is 1. The summed E-state index contributed by atoms with van der Waals surface area (Å²) < 4.78 is 26.7. The van der Waals surface area contributed by atoms with Crippen molar-refractivity contribution in [1.29, 1.82) is 0 Å². The first-order valence-corrected chi connectivity index (χ1v) is 19.4. The van der Waals surface area contributed by atoms with Gasteiger partial charge in [-0.2, -0.15) is 13.7 Å². The number of amides is 1. The van der Waals surface area contributed by atoms with Crippen molar-refractivity contribution in [2.45, 2.75) is 212 Å². The number of carboxylic acid groups (broad SMARTS) is 1. The van der Waals surface area contributed by atoms with Crippen molar-refractivity contribution in [3.8, 4) is 0 Å². The molecular weight excluding hydrogens is 618 g/mol. The number of carbonyl (C=O) groups excluding carboxylic acids is 2. The summed E-state index contributed by atoms with van der Waals surface area (Å²) in [5, 5.41) is 11.9. The summed E-state index contributed by atoms with van der Waals surface area (Å²) in [6.45, 7) is 6.23. The summed E-state index contributed by atoms with van der Waals surface area (Å²) in [6.07, 6.45) is 22.5. The van der Waals surface area contributed by atoms with E-state index < -0.39 is 18.3 Å². The summed E-state index contributed by atoms with van der Waals surface area (Å²) >= 11 is 0. The number of carboxylic acids is 1. The van der Waals surface area contributed by atoms with Crippen LogP contribution < -0.4 is 5.32 Å². The van der Waals surface area contributed by atoms with Gasteiger partial charge in [0.1, 0.15) is 6.10 Å². The van der Waals surface area contributed by atoms with Crippen molar-refractivity contribution in [2.24, 2.45) is 0 Å². The first-order chi connectivity index (χ1) is 23.0. The molecule has 0 aliphatic carbocycles. The molecule has 0 aliphatic heterocycles. The van der Waals surface area contributed by atoms with Crippen molar-refractivity contribution < 1.29 is 38.0 Å². The van der Waals surface area contributed by atoms with Gasteiger partial charge in [-0.1, -0.05) is 117 Å². The Morgan fingerprint density at radius 2 is 1.19 bits per heavy atom. The Morgan fingerprint density at radius 1 is 0.688 bits per heavy atom. The highest BCUT2D eigenvalue weighted by Crippen LogP contribution is 2.23. The van der Waals surface area contributed by atoms with Crippen LogP contribution in [0.15, 0.2) is 0 Å². The maximum Gasteiger partial charge on any atom is 0.374 e. The third kappa shape index (κ3) is 26.1. The second-order valence-corrected chi connectivity index (χ2v) is 13.9. The molecule has 0 saturated carbocycles. The fourth-order valence-electron chi connectivity index (χ4n) is 6.04. The minimum Gasteiger partial charge on any atom is -0.477 e. The lowest BCUT2D eigenvalue weighted by atomic mass is 9.98. The fourth-order valence-corrected chi connectivity index (χ4v) is 6.04. The van der Waals surface area contributed by atoms with Gasteiger partial charge in [-0.3, -0.25) is 9.68 Å². The van der Waals surface area contributed by atoms with Gasteiger partial charge in [-0.15, -0.1) is 0 Å². The third-order valence-electron chi connectivity index (χ3n) is 9.42. The van der Waals surface area contributed by atoms with Crippen LogP contribution in [0.5, 0.6) is 0 Å². The van der Waals surface area contributed by atoms with E-state index >= 15 is 0 Å². The highest BCUT2D eigenvalue weighted by molar-refractivity contribution is 5.76. The number of carbonyl (C=O) groups is 3. The first kappa shape index (κ1) is 46.2. The van der Waals surface area contributed by atoms with Gasteiger partial charge in [-0.05, 0) is 65.5 Å². The van der Waals surface area contributed by atoms with Crippen LogP contribution in [0.1, 0.15) is 188 Å². The lowest BCUT2D eigenvalue weighted by Gasteiger charge is -2.25. The molecule has 0 aromatic heterocycles. The Kier molecular flexibility index (Phi) is 28.9. The van der Waals surface area contributed by atoms with Crippen molar-refractivity contribution in [3.63, 3.8) is 0 Å². The van der Waals surface area contributed by atoms with Gasteiger partial charge in [0.25, 0.3) is 0 Å². The Hall–Kier alpha value is -1.81. The van der Waals surface area contributed by atoms with Gasteiger partial charge >= 0.3 is 17.9 Å². The smallest absolute Gasteiger partial charge is 0.374 e. The van der Waals surface area contributed by atoms with Gasteiger partial charge in [0.2, 0.25) is 5.91 Å². The zero-order valence-corrected chi connectivity index (χ0v) is 31.3. The van der Waals surface area contributed by atoms with Crippen LogP contribution in [0.25, 0.3) is 0 Å². The fraction of sp³-hybridized carbons (Fsp3) is 0.921. The highest BCUT2D eigenvalue weighted by Gasteiger charge is 2.37. The molecule has 0 rings (SSSR count). The minimum atomic E-state index is -3.66. The standard InChI is InChI=1S/C38H72F2N2O6/c1-6-9-10-11-12-13-15-20-25-32(26-21-18-19-24-31-38(39,40)37(45)46)41-35(43)30-29-33(42(4)5)27-22-16-14-17-23-28-36(44)48-47-34(7-2)8-3/h32-34H,6-31H2,1-5H3,(H,41,43)(H,45,46). The molecule has 1 amide bonds. The van der Waals surface area contributed by atoms with Crippen molar-refractivity contribution in [1.82, 2.24) is 10.2 Å². The number of alkyl halides is 2. The number of halogens is 2. The Bertz CT molecular complexity index is 810. The van der Waals surface area contributed by atoms with Crippen LogP contribution in [-0.4, -0.2) is 66.1 Å². The van der Waals surface area contributed by atoms with E-state index in [9.17, 15) is 23.2 Å². The van der Waals surface area contributed by atoms with E-state index in [0.717, 1.165) is 96.3 Å². The number of rotatable bonds is 34. The molecule has 10 heteroatoms. The number of hydrogen-bond acceptors (Lipinski definition) is 6. The van der Waals surface area contributed by atoms with Crippen LogP contribution in [-0.2, 0) is 24.2 Å². The normalized spacial score (nSPS) is 13.2. The zero-order valence-electron chi connectivity index (χ0n) is 31.3. The number of aliphatic carboxylic acids is 1. The molecule has 48 heavy (non-hydrogen) atoms. The molecule has 0 fully saturated rings. The molecule has 2 N–H and O–H groups in total.